The van der Waals surface area contributed by atoms with Crippen LogP contribution in [0.4, 0.5) is 0 Å². The van der Waals surface area contributed by atoms with Gasteiger partial charge in [0.2, 0.25) is 0 Å². The van der Waals surface area contributed by atoms with E-state index in [9.17, 15) is 10.0 Å². The molecular formula is C35H23BO2S. The molecule has 39 heavy (non-hydrogen) atoms. The van der Waals surface area contributed by atoms with E-state index in [0.717, 1.165) is 35.1 Å². The van der Waals surface area contributed by atoms with Gasteiger partial charge in [-0.25, -0.2) is 0 Å². The maximum Gasteiger partial charge on any atom is 0.489 e. The lowest BCUT2D eigenvalue weighted by molar-refractivity contribution is 0.425. The zero-order valence-corrected chi connectivity index (χ0v) is 21.9. The van der Waals surface area contributed by atoms with Gasteiger partial charge in [0.1, 0.15) is 0 Å². The molecule has 8 rings (SSSR count). The van der Waals surface area contributed by atoms with E-state index in [-0.39, 0.29) is 0 Å². The lowest BCUT2D eigenvalue weighted by Gasteiger charge is -2.31. The first-order valence-corrected chi connectivity index (χ1v) is 14.1. The summed E-state index contributed by atoms with van der Waals surface area (Å²) in [5.41, 5.74) is 18.3. The van der Waals surface area contributed by atoms with Crippen molar-refractivity contribution in [2.75, 3.05) is 0 Å². The van der Waals surface area contributed by atoms with E-state index in [4.69, 9.17) is 0 Å². The Balaban J connectivity index is 1.59. The van der Waals surface area contributed by atoms with E-state index >= 15 is 0 Å². The summed E-state index contributed by atoms with van der Waals surface area (Å²) in [6, 6.07) is 25.4. The number of fused-ring (bicyclic) bond motifs is 10. The first-order valence-electron chi connectivity index (χ1n) is 13.3. The van der Waals surface area contributed by atoms with Crippen LogP contribution in [0.1, 0.15) is 40.0 Å². The third kappa shape index (κ3) is 2.96. The quantitative estimate of drug-likeness (QED) is 0.232. The summed E-state index contributed by atoms with van der Waals surface area (Å²) < 4.78 is 0. The summed E-state index contributed by atoms with van der Waals surface area (Å²) in [5, 5.41) is 20.9. The first kappa shape index (κ1) is 22.8. The van der Waals surface area contributed by atoms with Gasteiger partial charge < -0.3 is 10.0 Å². The number of rotatable bonds is 3. The zero-order chi connectivity index (χ0) is 26.1. The Kier molecular flexibility index (Phi) is 4.93. The molecule has 4 heteroatoms. The summed E-state index contributed by atoms with van der Waals surface area (Å²) in [6.07, 6.45) is 12.6. The normalized spacial score (nSPS) is 19.3. The molecule has 4 aliphatic carbocycles. The van der Waals surface area contributed by atoms with Crippen LogP contribution in [0.3, 0.4) is 0 Å². The van der Waals surface area contributed by atoms with E-state index in [1.54, 1.807) is 0 Å². The molecule has 4 aromatic rings. The van der Waals surface area contributed by atoms with Crippen LogP contribution in [0.2, 0.25) is 0 Å². The van der Waals surface area contributed by atoms with Crippen LogP contribution in [-0.2, 0) is 5.41 Å². The SMILES string of the molecule is OB(O)c1cccc2c1C1=CC=C=C=C1C21c2ccccc2-c2c(-c3ccccc3)sc(C3=CC=CCC3)c21. The van der Waals surface area contributed by atoms with Gasteiger partial charge >= 0.3 is 7.12 Å². The minimum atomic E-state index is -1.57. The molecule has 1 heterocycles. The third-order valence-electron chi connectivity index (χ3n) is 8.45. The van der Waals surface area contributed by atoms with Crippen LogP contribution in [-0.4, -0.2) is 17.2 Å². The van der Waals surface area contributed by atoms with E-state index < -0.39 is 12.5 Å². The van der Waals surface area contributed by atoms with Gasteiger partial charge in [0.25, 0.3) is 0 Å². The molecule has 0 amide bonds. The highest BCUT2D eigenvalue weighted by atomic mass is 32.1. The lowest BCUT2D eigenvalue weighted by atomic mass is 9.69. The second-order valence-corrected chi connectivity index (χ2v) is 11.4. The summed E-state index contributed by atoms with van der Waals surface area (Å²) in [5.74, 6) is 0. The number of hydrogen-bond donors (Lipinski definition) is 2. The number of hydrogen-bond acceptors (Lipinski definition) is 3. The molecule has 3 aromatic carbocycles. The van der Waals surface area contributed by atoms with Crippen molar-refractivity contribution in [1.29, 1.82) is 0 Å². The van der Waals surface area contributed by atoms with Crippen LogP contribution in [0, 0.1) is 0 Å². The highest BCUT2D eigenvalue weighted by molar-refractivity contribution is 7.17. The van der Waals surface area contributed by atoms with Crippen LogP contribution in [0.15, 0.2) is 120 Å². The molecule has 1 atom stereocenters. The summed E-state index contributed by atoms with van der Waals surface area (Å²) in [4.78, 5) is 2.57. The Labute approximate surface area is 231 Å². The third-order valence-corrected chi connectivity index (χ3v) is 9.76. The molecule has 184 valence electrons. The Morgan fingerprint density at radius 1 is 0.821 bits per heavy atom. The monoisotopic (exact) mass is 518 g/mol. The standard InChI is InChI=1S/C35H23BO2S/c37-36(38)29-21-11-20-28-30(29)24-16-7-9-18-26(24)35(28)27-19-10-8-17-25(27)31-32(35)34(23-14-5-2-6-15-23)39-33(31)22-12-3-1-4-13-22/h1-5,7-8,10-14,16-17,19-21,37-38H,6,15H2. The molecule has 1 unspecified atom stereocenters. The van der Waals surface area contributed by atoms with Crippen LogP contribution in [0.25, 0.3) is 32.7 Å². The van der Waals surface area contributed by atoms with Gasteiger partial charge in [0.15, 0.2) is 0 Å². The molecule has 0 aliphatic heterocycles. The maximum atomic E-state index is 10.5. The molecule has 2 N–H and O–H groups in total. The smallest absolute Gasteiger partial charge is 0.423 e. The average molecular weight is 518 g/mol. The van der Waals surface area contributed by atoms with Crippen molar-refractivity contribution in [3.63, 3.8) is 0 Å². The Hall–Kier alpha value is -4.14. The minimum Gasteiger partial charge on any atom is -0.423 e. The van der Waals surface area contributed by atoms with E-state index in [1.807, 2.05) is 29.5 Å². The first-order chi connectivity index (χ1) is 19.2. The van der Waals surface area contributed by atoms with E-state index in [2.05, 4.69) is 96.4 Å². The molecule has 0 radical (unpaired) electrons. The molecule has 2 nitrogen and oxygen atoms in total. The van der Waals surface area contributed by atoms with Crippen molar-refractivity contribution in [1.82, 2.24) is 0 Å². The van der Waals surface area contributed by atoms with Crippen molar-refractivity contribution in [3.05, 3.63) is 147 Å². The Bertz CT molecular complexity index is 1910. The number of benzene rings is 3. The van der Waals surface area contributed by atoms with E-state index in [1.165, 1.54) is 43.1 Å². The fraction of sp³-hybridized carbons (Fsp3) is 0.0857. The van der Waals surface area contributed by atoms with Gasteiger partial charge in [0.05, 0.1) is 5.41 Å². The van der Waals surface area contributed by atoms with Gasteiger partial charge in [-0.2, -0.15) is 0 Å². The Morgan fingerprint density at radius 2 is 1.64 bits per heavy atom. The molecule has 0 bridgehead atoms. The molecular weight excluding hydrogens is 495 g/mol. The molecule has 1 aromatic heterocycles. The van der Waals surface area contributed by atoms with Gasteiger partial charge in [-0.1, -0.05) is 102 Å². The molecule has 0 saturated heterocycles. The highest BCUT2D eigenvalue weighted by Gasteiger charge is 2.57. The Morgan fingerprint density at radius 3 is 2.46 bits per heavy atom. The zero-order valence-electron chi connectivity index (χ0n) is 21.1. The van der Waals surface area contributed by atoms with Crippen molar-refractivity contribution < 1.29 is 10.0 Å². The average Bonchev–Trinajstić information content (AvgIpc) is 3.62. The fourth-order valence-electron chi connectivity index (χ4n) is 6.99. The van der Waals surface area contributed by atoms with Crippen LogP contribution < -0.4 is 5.46 Å². The van der Waals surface area contributed by atoms with Crippen molar-refractivity contribution in [2.45, 2.75) is 18.3 Å². The van der Waals surface area contributed by atoms with Crippen molar-refractivity contribution in [2.24, 2.45) is 0 Å². The van der Waals surface area contributed by atoms with Gasteiger partial charge in [-0.15, -0.1) is 11.3 Å². The summed E-state index contributed by atoms with van der Waals surface area (Å²) in [6.45, 7) is 0. The predicted octanol–water partition coefficient (Wildman–Crippen LogP) is 6.79. The molecule has 0 saturated carbocycles. The molecule has 0 fully saturated rings. The molecule has 1 spiro atoms. The van der Waals surface area contributed by atoms with Gasteiger partial charge in [0, 0.05) is 20.9 Å². The highest BCUT2D eigenvalue weighted by Crippen LogP contribution is 2.68. The second kappa shape index (κ2) is 8.43. The van der Waals surface area contributed by atoms with Crippen molar-refractivity contribution in [3.8, 4) is 21.6 Å². The summed E-state index contributed by atoms with van der Waals surface area (Å²) >= 11 is 1.88. The molecule has 4 aliphatic rings. The second-order valence-electron chi connectivity index (χ2n) is 10.4. The number of thiophene rings is 1. The van der Waals surface area contributed by atoms with Crippen LogP contribution in [0.5, 0.6) is 0 Å². The van der Waals surface area contributed by atoms with Gasteiger partial charge in [-0.3, -0.25) is 0 Å². The van der Waals surface area contributed by atoms with E-state index in [0.29, 0.717) is 5.46 Å². The van der Waals surface area contributed by atoms with Crippen LogP contribution >= 0.6 is 11.3 Å². The lowest BCUT2D eigenvalue weighted by Crippen LogP contribution is -2.33. The minimum absolute atomic E-state index is 0.524. The van der Waals surface area contributed by atoms with Gasteiger partial charge in [-0.05, 0) is 75.0 Å². The predicted molar refractivity (Wildman–Crippen MR) is 161 cm³/mol. The topological polar surface area (TPSA) is 40.5 Å². The largest absolute Gasteiger partial charge is 0.489 e. The number of allylic oxidation sites excluding steroid dienone is 8. The van der Waals surface area contributed by atoms with Crippen molar-refractivity contribution >= 4 is 35.1 Å². The fourth-order valence-corrected chi connectivity index (χ4v) is 8.42. The maximum absolute atomic E-state index is 10.5. The summed E-state index contributed by atoms with van der Waals surface area (Å²) in [7, 11) is -1.57.